The summed E-state index contributed by atoms with van der Waals surface area (Å²) in [6, 6.07) is 8.78. The Balaban J connectivity index is 2.03. The van der Waals surface area contributed by atoms with Gasteiger partial charge in [-0.15, -0.1) is 0 Å². The van der Waals surface area contributed by atoms with Crippen molar-refractivity contribution in [3.05, 3.63) is 58.9 Å². The Morgan fingerprint density at radius 3 is 2.38 bits per heavy atom. The van der Waals surface area contributed by atoms with Crippen molar-refractivity contribution in [3.63, 3.8) is 0 Å². The first-order valence-electron chi connectivity index (χ1n) is 5.76. The summed E-state index contributed by atoms with van der Waals surface area (Å²) in [5, 5.41) is 0. The van der Waals surface area contributed by atoms with Crippen molar-refractivity contribution >= 4 is 0 Å². The lowest BCUT2D eigenvalue weighted by Crippen LogP contribution is -1.98. The van der Waals surface area contributed by atoms with E-state index in [1.165, 1.54) is 16.7 Å². The molecule has 1 aromatic rings. The molecule has 0 fully saturated rings. The Bertz CT molecular complexity index is 410. The number of aryl methyl sites for hydroxylation is 1. The summed E-state index contributed by atoms with van der Waals surface area (Å²) >= 11 is 0. The predicted molar refractivity (Wildman–Crippen MR) is 67.3 cm³/mol. The number of methoxy groups -OCH3 is 1. The van der Waals surface area contributed by atoms with Gasteiger partial charge in [-0.25, -0.2) is 0 Å². The highest BCUT2D eigenvalue weighted by Crippen LogP contribution is 2.21. The molecule has 0 radical (unpaired) electrons. The lowest BCUT2D eigenvalue weighted by molar-refractivity contribution is 0.275. The minimum atomic E-state index is 1.04. The molecule has 0 amide bonds. The lowest BCUT2D eigenvalue weighted by Gasteiger charge is -2.13. The summed E-state index contributed by atoms with van der Waals surface area (Å²) in [4.78, 5) is 0. The molecule has 84 valence electrons. The summed E-state index contributed by atoms with van der Waals surface area (Å²) in [7, 11) is 1.74. The SMILES string of the molecule is COC1=CC=C(Cc2ccc(C)cc2)CC1. The van der Waals surface area contributed by atoms with E-state index in [1.807, 2.05) is 0 Å². The molecular weight excluding hydrogens is 196 g/mol. The molecule has 16 heavy (non-hydrogen) atoms. The van der Waals surface area contributed by atoms with E-state index in [1.54, 1.807) is 7.11 Å². The van der Waals surface area contributed by atoms with Crippen LogP contribution in [-0.4, -0.2) is 7.11 Å². The van der Waals surface area contributed by atoms with Crippen molar-refractivity contribution in [1.29, 1.82) is 0 Å². The zero-order chi connectivity index (χ0) is 11.4. The minimum absolute atomic E-state index is 1.04. The van der Waals surface area contributed by atoms with Gasteiger partial charge < -0.3 is 4.74 Å². The van der Waals surface area contributed by atoms with Crippen LogP contribution in [0.3, 0.4) is 0 Å². The molecule has 1 aromatic carbocycles. The maximum absolute atomic E-state index is 5.22. The van der Waals surface area contributed by atoms with E-state index in [0.717, 1.165) is 25.0 Å². The summed E-state index contributed by atoms with van der Waals surface area (Å²) < 4.78 is 5.22. The number of ether oxygens (including phenoxy) is 1. The van der Waals surface area contributed by atoms with Gasteiger partial charge in [0.05, 0.1) is 12.9 Å². The molecule has 1 nitrogen and oxygen atoms in total. The monoisotopic (exact) mass is 214 g/mol. The molecule has 1 heteroatoms. The van der Waals surface area contributed by atoms with Gasteiger partial charge in [-0.3, -0.25) is 0 Å². The largest absolute Gasteiger partial charge is 0.501 e. The third kappa shape index (κ3) is 2.75. The average molecular weight is 214 g/mol. The Kier molecular flexibility index (Phi) is 3.45. The molecule has 0 bridgehead atoms. The van der Waals surface area contributed by atoms with E-state index in [4.69, 9.17) is 4.74 Å². The van der Waals surface area contributed by atoms with Crippen LogP contribution < -0.4 is 0 Å². The normalized spacial score (nSPS) is 15.4. The zero-order valence-corrected chi connectivity index (χ0v) is 9.99. The van der Waals surface area contributed by atoms with E-state index in [0.29, 0.717) is 0 Å². The summed E-state index contributed by atoms with van der Waals surface area (Å²) in [6.45, 7) is 2.12. The standard InChI is InChI=1S/C15H18O/c1-12-3-5-13(6-4-12)11-14-7-9-15(16-2)10-8-14/h3-7,9H,8,10-11H2,1-2H3. The van der Waals surface area contributed by atoms with Gasteiger partial charge in [-0.1, -0.05) is 41.5 Å². The topological polar surface area (TPSA) is 9.23 Å². The second kappa shape index (κ2) is 5.02. The maximum Gasteiger partial charge on any atom is 0.0958 e. The Labute approximate surface area is 97.4 Å². The van der Waals surface area contributed by atoms with Gasteiger partial charge in [0.1, 0.15) is 0 Å². The first-order chi connectivity index (χ1) is 7.78. The lowest BCUT2D eigenvalue weighted by atomic mass is 9.96. The van der Waals surface area contributed by atoms with Crippen molar-refractivity contribution in [2.45, 2.75) is 26.2 Å². The molecule has 0 saturated carbocycles. The second-order valence-corrected chi connectivity index (χ2v) is 4.32. The summed E-state index contributed by atoms with van der Waals surface area (Å²) in [6.07, 6.45) is 7.50. The molecule has 0 unspecified atom stereocenters. The van der Waals surface area contributed by atoms with Gasteiger partial charge in [-0.2, -0.15) is 0 Å². The van der Waals surface area contributed by atoms with Crippen LogP contribution in [0.2, 0.25) is 0 Å². The fourth-order valence-corrected chi connectivity index (χ4v) is 1.95. The average Bonchev–Trinajstić information content (AvgIpc) is 2.33. The highest BCUT2D eigenvalue weighted by molar-refractivity contribution is 5.29. The fraction of sp³-hybridized carbons (Fsp3) is 0.333. The molecule has 0 aliphatic heterocycles. The van der Waals surface area contributed by atoms with Crippen LogP contribution in [-0.2, 0) is 11.2 Å². The minimum Gasteiger partial charge on any atom is -0.501 e. The van der Waals surface area contributed by atoms with Crippen LogP contribution in [0, 0.1) is 6.92 Å². The van der Waals surface area contributed by atoms with E-state index in [-0.39, 0.29) is 0 Å². The molecule has 0 heterocycles. The number of allylic oxidation sites excluding steroid dienone is 4. The molecular formula is C15H18O. The molecule has 0 aromatic heterocycles. The van der Waals surface area contributed by atoms with Gasteiger partial charge in [0.25, 0.3) is 0 Å². The Morgan fingerprint density at radius 1 is 1.06 bits per heavy atom. The van der Waals surface area contributed by atoms with Gasteiger partial charge in [0.2, 0.25) is 0 Å². The highest BCUT2D eigenvalue weighted by Gasteiger charge is 2.06. The number of benzene rings is 1. The van der Waals surface area contributed by atoms with Crippen molar-refractivity contribution in [2.75, 3.05) is 7.11 Å². The van der Waals surface area contributed by atoms with Crippen molar-refractivity contribution < 1.29 is 4.74 Å². The second-order valence-electron chi connectivity index (χ2n) is 4.32. The van der Waals surface area contributed by atoms with Gasteiger partial charge in [0, 0.05) is 6.42 Å². The van der Waals surface area contributed by atoms with E-state index >= 15 is 0 Å². The zero-order valence-electron chi connectivity index (χ0n) is 9.99. The molecule has 1 aliphatic rings. The first-order valence-corrected chi connectivity index (χ1v) is 5.76. The van der Waals surface area contributed by atoms with Gasteiger partial charge in [0.15, 0.2) is 0 Å². The fourth-order valence-electron chi connectivity index (χ4n) is 1.95. The quantitative estimate of drug-likeness (QED) is 0.744. The van der Waals surface area contributed by atoms with Crippen molar-refractivity contribution in [3.8, 4) is 0 Å². The highest BCUT2D eigenvalue weighted by atomic mass is 16.5. The van der Waals surface area contributed by atoms with Crippen LogP contribution in [0.4, 0.5) is 0 Å². The van der Waals surface area contributed by atoms with Crippen LogP contribution in [0.1, 0.15) is 24.0 Å². The van der Waals surface area contributed by atoms with Gasteiger partial charge >= 0.3 is 0 Å². The van der Waals surface area contributed by atoms with E-state index in [2.05, 4.69) is 43.3 Å². The van der Waals surface area contributed by atoms with Crippen LogP contribution in [0.5, 0.6) is 0 Å². The van der Waals surface area contributed by atoms with Crippen molar-refractivity contribution in [1.82, 2.24) is 0 Å². The Hall–Kier alpha value is -1.50. The molecule has 0 atom stereocenters. The third-order valence-corrected chi connectivity index (χ3v) is 3.01. The molecule has 0 N–H and O–H groups in total. The number of rotatable bonds is 3. The summed E-state index contributed by atoms with van der Waals surface area (Å²) in [5.74, 6) is 1.09. The van der Waals surface area contributed by atoms with Crippen molar-refractivity contribution in [2.24, 2.45) is 0 Å². The first kappa shape index (κ1) is 11.0. The Morgan fingerprint density at radius 2 is 1.81 bits per heavy atom. The van der Waals surface area contributed by atoms with Crippen LogP contribution >= 0.6 is 0 Å². The number of hydrogen-bond donors (Lipinski definition) is 0. The third-order valence-electron chi connectivity index (χ3n) is 3.01. The molecule has 1 aliphatic carbocycles. The smallest absolute Gasteiger partial charge is 0.0958 e. The molecule has 0 spiro atoms. The van der Waals surface area contributed by atoms with E-state index in [9.17, 15) is 0 Å². The number of hydrogen-bond acceptors (Lipinski definition) is 1. The van der Waals surface area contributed by atoms with Gasteiger partial charge in [-0.05, 0) is 31.4 Å². The molecule has 2 rings (SSSR count). The summed E-state index contributed by atoms with van der Waals surface area (Å²) in [5.41, 5.74) is 4.21. The van der Waals surface area contributed by atoms with Crippen LogP contribution in [0.15, 0.2) is 47.7 Å². The van der Waals surface area contributed by atoms with Crippen LogP contribution in [0.25, 0.3) is 0 Å². The predicted octanol–water partition coefficient (Wildman–Crippen LogP) is 3.79. The maximum atomic E-state index is 5.22. The molecule has 0 saturated heterocycles. The van der Waals surface area contributed by atoms with E-state index < -0.39 is 0 Å².